The van der Waals surface area contributed by atoms with E-state index < -0.39 is 0 Å². The molecule has 2 heterocycles. The second-order valence-corrected chi connectivity index (χ2v) is 5.54. The number of halogens is 1. The number of furan rings is 1. The molecule has 5 heteroatoms. The maximum atomic E-state index is 5.43. The molecule has 0 saturated heterocycles. The van der Waals surface area contributed by atoms with E-state index in [4.69, 9.17) is 4.42 Å². The summed E-state index contributed by atoms with van der Waals surface area (Å²) in [7, 11) is 2.00. The van der Waals surface area contributed by atoms with Crippen LogP contribution in [0.1, 0.15) is 29.1 Å². The lowest BCUT2D eigenvalue weighted by molar-refractivity contribution is 0.464. The number of rotatable bonds is 6. The van der Waals surface area contributed by atoms with E-state index in [9.17, 15) is 0 Å². The smallest absolute Gasteiger partial charge is 0.169 e. The zero-order chi connectivity index (χ0) is 13.8. The first-order valence-corrected chi connectivity index (χ1v) is 7.31. The molecule has 19 heavy (non-hydrogen) atoms. The van der Waals surface area contributed by atoms with E-state index in [1.54, 1.807) is 0 Å². The van der Waals surface area contributed by atoms with Gasteiger partial charge >= 0.3 is 0 Å². The fourth-order valence-electron chi connectivity index (χ4n) is 2.23. The average molecular weight is 326 g/mol. The lowest BCUT2D eigenvalue weighted by Gasteiger charge is -2.04. The molecule has 0 fully saturated rings. The summed E-state index contributed by atoms with van der Waals surface area (Å²) in [4.78, 5) is 0. The van der Waals surface area contributed by atoms with Crippen molar-refractivity contribution >= 4 is 15.9 Å². The SMILES string of the molecule is Cc1nn(C)c(C)c1CCCNCc1ccc(Br)o1. The number of hydrogen-bond donors (Lipinski definition) is 1. The van der Waals surface area contributed by atoms with Gasteiger partial charge in [-0.25, -0.2) is 0 Å². The molecule has 0 aliphatic heterocycles. The first kappa shape index (κ1) is 14.3. The second kappa shape index (κ2) is 6.39. The van der Waals surface area contributed by atoms with Crippen molar-refractivity contribution in [2.24, 2.45) is 7.05 Å². The Balaban J connectivity index is 1.72. The van der Waals surface area contributed by atoms with Crippen LogP contribution in [0.25, 0.3) is 0 Å². The first-order valence-electron chi connectivity index (χ1n) is 6.52. The third-order valence-corrected chi connectivity index (χ3v) is 3.79. The van der Waals surface area contributed by atoms with Crippen LogP contribution in [-0.2, 0) is 20.0 Å². The highest BCUT2D eigenvalue weighted by atomic mass is 79.9. The number of nitrogens with one attached hydrogen (secondary N) is 1. The zero-order valence-corrected chi connectivity index (χ0v) is 13.2. The predicted molar refractivity (Wildman–Crippen MR) is 79.1 cm³/mol. The Labute approximate surface area is 122 Å². The molecule has 2 aromatic rings. The van der Waals surface area contributed by atoms with Crippen LogP contribution in [-0.4, -0.2) is 16.3 Å². The van der Waals surface area contributed by atoms with Crippen molar-refractivity contribution in [2.75, 3.05) is 6.54 Å². The molecule has 0 unspecified atom stereocenters. The van der Waals surface area contributed by atoms with Gasteiger partial charge in [-0.1, -0.05) is 0 Å². The van der Waals surface area contributed by atoms with E-state index in [2.05, 4.69) is 40.2 Å². The van der Waals surface area contributed by atoms with Crippen molar-refractivity contribution in [3.63, 3.8) is 0 Å². The van der Waals surface area contributed by atoms with Gasteiger partial charge in [0.05, 0.1) is 12.2 Å². The molecule has 0 amide bonds. The Kier molecular flexibility index (Phi) is 4.82. The van der Waals surface area contributed by atoms with Crippen molar-refractivity contribution in [1.82, 2.24) is 15.1 Å². The maximum Gasteiger partial charge on any atom is 0.169 e. The lowest BCUT2D eigenvalue weighted by atomic mass is 10.1. The summed E-state index contributed by atoms with van der Waals surface area (Å²) >= 11 is 3.30. The first-order chi connectivity index (χ1) is 9.08. The van der Waals surface area contributed by atoms with Gasteiger partial charge in [-0.15, -0.1) is 0 Å². The molecule has 2 aromatic heterocycles. The van der Waals surface area contributed by atoms with Gasteiger partial charge in [0, 0.05) is 12.7 Å². The van der Waals surface area contributed by atoms with Crippen LogP contribution >= 0.6 is 15.9 Å². The molecule has 4 nitrogen and oxygen atoms in total. The number of aryl methyl sites for hydroxylation is 2. The van der Waals surface area contributed by atoms with E-state index in [1.807, 2.05) is 23.9 Å². The molecule has 1 N–H and O–H groups in total. The van der Waals surface area contributed by atoms with Crippen molar-refractivity contribution in [2.45, 2.75) is 33.2 Å². The Morgan fingerprint density at radius 2 is 2.16 bits per heavy atom. The highest BCUT2D eigenvalue weighted by Gasteiger charge is 2.08. The molecule has 0 aromatic carbocycles. The Hall–Kier alpha value is -1.07. The van der Waals surface area contributed by atoms with Gasteiger partial charge in [0.2, 0.25) is 0 Å². The number of nitrogens with zero attached hydrogens (tertiary/aromatic N) is 2. The fraction of sp³-hybridized carbons (Fsp3) is 0.500. The van der Waals surface area contributed by atoms with Crippen molar-refractivity contribution in [3.05, 3.63) is 39.5 Å². The van der Waals surface area contributed by atoms with Gasteiger partial charge in [-0.2, -0.15) is 5.10 Å². The topological polar surface area (TPSA) is 43.0 Å². The normalized spacial score (nSPS) is 11.2. The van der Waals surface area contributed by atoms with Gasteiger partial charge in [-0.05, 0) is 66.9 Å². The monoisotopic (exact) mass is 325 g/mol. The maximum absolute atomic E-state index is 5.43. The van der Waals surface area contributed by atoms with E-state index in [-0.39, 0.29) is 0 Å². The van der Waals surface area contributed by atoms with Crippen LogP contribution in [0.15, 0.2) is 21.2 Å². The molecule has 0 spiro atoms. The van der Waals surface area contributed by atoms with Crippen LogP contribution in [0, 0.1) is 13.8 Å². The standard InChI is InChI=1S/C14H20BrN3O/c1-10-13(11(2)18(3)17-10)5-4-8-16-9-12-6-7-14(15)19-12/h6-7,16H,4-5,8-9H2,1-3H3. The summed E-state index contributed by atoms with van der Waals surface area (Å²) in [5.74, 6) is 0.959. The molecule has 0 atom stereocenters. The third-order valence-electron chi connectivity index (χ3n) is 3.37. The summed E-state index contributed by atoms with van der Waals surface area (Å²) in [6.45, 7) is 5.96. The van der Waals surface area contributed by atoms with Gasteiger partial charge in [0.25, 0.3) is 0 Å². The molecule has 0 aliphatic carbocycles. The highest BCUT2D eigenvalue weighted by molar-refractivity contribution is 9.10. The van der Waals surface area contributed by atoms with Crippen molar-refractivity contribution in [3.8, 4) is 0 Å². The largest absolute Gasteiger partial charge is 0.453 e. The highest BCUT2D eigenvalue weighted by Crippen LogP contribution is 2.15. The van der Waals surface area contributed by atoms with Crippen molar-refractivity contribution in [1.29, 1.82) is 0 Å². The molecule has 0 aliphatic rings. The predicted octanol–water partition coefficient (Wildman–Crippen LogP) is 3.11. The Morgan fingerprint density at radius 1 is 1.37 bits per heavy atom. The summed E-state index contributed by atoms with van der Waals surface area (Å²) in [6.07, 6.45) is 2.18. The van der Waals surface area contributed by atoms with E-state index >= 15 is 0 Å². The summed E-state index contributed by atoms with van der Waals surface area (Å²) in [6, 6.07) is 3.89. The van der Waals surface area contributed by atoms with Crippen molar-refractivity contribution < 1.29 is 4.42 Å². The molecule has 0 radical (unpaired) electrons. The zero-order valence-electron chi connectivity index (χ0n) is 11.7. The van der Waals surface area contributed by atoms with Crippen LogP contribution < -0.4 is 5.32 Å². The minimum absolute atomic E-state index is 0.774. The van der Waals surface area contributed by atoms with Crippen LogP contribution in [0.3, 0.4) is 0 Å². The molecule has 0 bridgehead atoms. The van der Waals surface area contributed by atoms with Gasteiger partial charge in [-0.3, -0.25) is 4.68 Å². The van der Waals surface area contributed by atoms with E-state index in [1.165, 1.54) is 11.3 Å². The minimum atomic E-state index is 0.774. The summed E-state index contributed by atoms with van der Waals surface area (Å²) < 4.78 is 8.17. The quantitative estimate of drug-likeness (QED) is 0.830. The number of aromatic nitrogens is 2. The second-order valence-electron chi connectivity index (χ2n) is 4.76. The van der Waals surface area contributed by atoms with Gasteiger partial charge in [0.1, 0.15) is 5.76 Å². The Bertz CT molecular complexity index is 545. The average Bonchev–Trinajstić information content (AvgIpc) is 2.87. The third kappa shape index (κ3) is 3.70. The summed E-state index contributed by atoms with van der Waals surface area (Å²) in [5, 5.41) is 7.83. The lowest BCUT2D eigenvalue weighted by Crippen LogP contribution is -2.15. The van der Waals surface area contributed by atoms with E-state index in [0.29, 0.717) is 0 Å². The Morgan fingerprint density at radius 3 is 2.74 bits per heavy atom. The minimum Gasteiger partial charge on any atom is -0.453 e. The molecular formula is C14H20BrN3O. The van der Waals surface area contributed by atoms with Gasteiger partial charge < -0.3 is 9.73 Å². The fourth-order valence-corrected chi connectivity index (χ4v) is 2.57. The van der Waals surface area contributed by atoms with E-state index in [0.717, 1.165) is 42.1 Å². The van der Waals surface area contributed by atoms with Gasteiger partial charge in [0.15, 0.2) is 4.67 Å². The van der Waals surface area contributed by atoms with Crippen LogP contribution in [0.2, 0.25) is 0 Å². The molecule has 104 valence electrons. The molecule has 0 saturated carbocycles. The van der Waals surface area contributed by atoms with Crippen LogP contribution in [0.4, 0.5) is 0 Å². The van der Waals surface area contributed by atoms with Crippen LogP contribution in [0.5, 0.6) is 0 Å². The molecular weight excluding hydrogens is 306 g/mol. The number of hydrogen-bond acceptors (Lipinski definition) is 3. The summed E-state index contributed by atoms with van der Waals surface area (Å²) in [5.41, 5.74) is 3.80. The molecule has 2 rings (SSSR count).